The predicted octanol–water partition coefficient (Wildman–Crippen LogP) is 6.06. The molecule has 0 aliphatic heterocycles. The summed E-state index contributed by atoms with van der Waals surface area (Å²) < 4.78 is 0. The fourth-order valence-electron chi connectivity index (χ4n) is 4.17. The van der Waals surface area contributed by atoms with Crippen molar-refractivity contribution in [3.05, 3.63) is 81.9 Å². The maximum Gasteiger partial charge on any atom is 0.0491 e. The van der Waals surface area contributed by atoms with E-state index in [1.807, 2.05) is 0 Å². The Hall–Kier alpha value is -2.32. The van der Waals surface area contributed by atoms with Crippen molar-refractivity contribution in [3.63, 3.8) is 0 Å². The first-order valence-corrected chi connectivity index (χ1v) is 9.83. The highest BCUT2D eigenvalue weighted by Crippen LogP contribution is 2.35. The zero-order valence-corrected chi connectivity index (χ0v) is 17.6. The Morgan fingerprint density at radius 2 is 1.70 bits per heavy atom. The molecule has 27 heavy (non-hydrogen) atoms. The SMILES string of the molecule is Cc1cc(C)c(NC(C)c2ccccc2C2=C(CN(C)C)C=CC2)c(C)c1. The molecule has 1 unspecified atom stereocenters. The summed E-state index contributed by atoms with van der Waals surface area (Å²) in [6.45, 7) is 9.80. The van der Waals surface area contributed by atoms with E-state index in [2.05, 4.69) is 101 Å². The van der Waals surface area contributed by atoms with Gasteiger partial charge in [0.25, 0.3) is 0 Å². The molecule has 0 heterocycles. The van der Waals surface area contributed by atoms with Crippen LogP contribution < -0.4 is 5.32 Å². The number of aryl methyl sites for hydroxylation is 3. The van der Waals surface area contributed by atoms with Crippen LogP contribution in [0.4, 0.5) is 5.69 Å². The van der Waals surface area contributed by atoms with E-state index in [4.69, 9.17) is 0 Å². The minimum Gasteiger partial charge on any atom is -0.378 e. The topological polar surface area (TPSA) is 15.3 Å². The third-order valence-electron chi connectivity index (χ3n) is 5.31. The van der Waals surface area contributed by atoms with E-state index in [9.17, 15) is 0 Å². The van der Waals surface area contributed by atoms with E-state index in [1.54, 1.807) is 0 Å². The normalized spacial score (nSPS) is 14.9. The smallest absolute Gasteiger partial charge is 0.0491 e. The van der Waals surface area contributed by atoms with Crippen molar-refractivity contribution in [2.45, 2.75) is 40.2 Å². The van der Waals surface area contributed by atoms with Crippen LogP contribution in [0.15, 0.2) is 54.1 Å². The van der Waals surface area contributed by atoms with E-state index >= 15 is 0 Å². The Kier molecular flexibility index (Phi) is 5.86. The number of hydrogen-bond acceptors (Lipinski definition) is 2. The van der Waals surface area contributed by atoms with Gasteiger partial charge in [0.15, 0.2) is 0 Å². The number of benzene rings is 2. The fraction of sp³-hybridized carbons (Fsp3) is 0.360. The van der Waals surface area contributed by atoms with Gasteiger partial charge < -0.3 is 10.2 Å². The van der Waals surface area contributed by atoms with Crippen LogP contribution in [0.25, 0.3) is 5.57 Å². The summed E-state index contributed by atoms with van der Waals surface area (Å²) in [4.78, 5) is 2.24. The lowest BCUT2D eigenvalue weighted by Crippen LogP contribution is -2.15. The Bertz CT molecular complexity index is 864. The third-order valence-corrected chi connectivity index (χ3v) is 5.31. The molecule has 0 aromatic heterocycles. The lowest BCUT2D eigenvalue weighted by atomic mass is 9.92. The highest BCUT2D eigenvalue weighted by atomic mass is 15.0. The van der Waals surface area contributed by atoms with Crippen molar-refractivity contribution in [1.29, 1.82) is 0 Å². The van der Waals surface area contributed by atoms with Crippen molar-refractivity contribution in [2.24, 2.45) is 0 Å². The molecule has 1 aliphatic rings. The molecule has 2 nitrogen and oxygen atoms in total. The summed E-state index contributed by atoms with van der Waals surface area (Å²) >= 11 is 0. The van der Waals surface area contributed by atoms with E-state index < -0.39 is 0 Å². The molecule has 1 aliphatic carbocycles. The number of allylic oxidation sites excluding steroid dienone is 2. The number of likely N-dealkylation sites (N-methyl/N-ethyl adjacent to an activating group) is 1. The minimum absolute atomic E-state index is 0.245. The maximum atomic E-state index is 3.79. The molecule has 0 amide bonds. The second-order valence-corrected chi connectivity index (χ2v) is 8.08. The average Bonchev–Trinajstić information content (AvgIpc) is 3.05. The number of hydrogen-bond donors (Lipinski definition) is 1. The third kappa shape index (κ3) is 4.33. The van der Waals surface area contributed by atoms with Crippen LogP contribution >= 0.6 is 0 Å². The Balaban J connectivity index is 1.95. The highest BCUT2D eigenvalue weighted by molar-refractivity contribution is 5.77. The van der Waals surface area contributed by atoms with E-state index in [0.717, 1.165) is 13.0 Å². The average molecular weight is 361 g/mol. The molecule has 1 N–H and O–H groups in total. The van der Waals surface area contributed by atoms with Gasteiger partial charge in [-0.2, -0.15) is 0 Å². The number of rotatable bonds is 6. The predicted molar refractivity (Wildman–Crippen MR) is 118 cm³/mol. The maximum absolute atomic E-state index is 3.79. The minimum atomic E-state index is 0.245. The molecule has 0 radical (unpaired) electrons. The van der Waals surface area contributed by atoms with Crippen LogP contribution in [0.1, 0.15) is 47.2 Å². The van der Waals surface area contributed by atoms with Gasteiger partial charge in [-0.05, 0) is 81.6 Å². The summed E-state index contributed by atoms with van der Waals surface area (Å²) in [5.74, 6) is 0. The Labute approximate surface area is 164 Å². The van der Waals surface area contributed by atoms with Gasteiger partial charge in [-0.25, -0.2) is 0 Å². The summed E-state index contributed by atoms with van der Waals surface area (Å²) in [5.41, 5.74) is 10.8. The number of anilines is 1. The van der Waals surface area contributed by atoms with Crippen molar-refractivity contribution in [3.8, 4) is 0 Å². The van der Waals surface area contributed by atoms with Gasteiger partial charge in [-0.1, -0.05) is 54.1 Å². The molecule has 0 saturated heterocycles. The van der Waals surface area contributed by atoms with Crippen molar-refractivity contribution >= 4 is 11.3 Å². The quantitative estimate of drug-likeness (QED) is 0.673. The molecule has 142 valence electrons. The standard InChI is InChI=1S/C25H32N2/c1-17-14-18(2)25(19(3)15-17)26-20(4)22-11-7-8-12-24(22)23-13-9-10-21(23)16-27(5)6/h7-12,14-15,20,26H,13,16H2,1-6H3. The van der Waals surface area contributed by atoms with Crippen molar-refractivity contribution in [1.82, 2.24) is 4.90 Å². The van der Waals surface area contributed by atoms with Crippen LogP contribution in [0.2, 0.25) is 0 Å². The molecule has 1 atom stereocenters. The first-order chi connectivity index (χ1) is 12.9. The van der Waals surface area contributed by atoms with Crippen LogP contribution in [-0.4, -0.2) is 25.5 Å². The molecular formula is C25H32N2. The van der Waals surface area contributed by atoms with E-state index in [-0.39, 0.29) is 6.04 Å². The van der Waals surface area contributed by atoms with Crippen molar-refractivity contribution in [2.75, 3.05) is 26.0 Å². The molecule has 3 rings (SSSR count). The molecule has 2 aromatic rings. The monoisotopic (exact) mass is 360 g/mol. The molecule has 2 heteroatoms. The van der Waals surface area contributed by atoms with Crippen LogP contribution in [-0.2, 0) is 0 Å². The molecule has 2 aromatic carbocycles. The summed E-state index contributed by atoms with van der Waals surface area (Å²) in [5, 5.41) is 3.79. The zero-order valence-electron chi connectivity index (χ0n) is 17.6. The second kappa shape index (κ2) is 8.14. The summed E-state index contributed by atoms with van der Waals surface area (Å²) in [6, 6.07) is 13.6. The summed E-state index contributed by atoms with van der Waals surface area (Å²) in [6.07, 6.45) is 5.60. The van der Waals surface area contributed by atoms with Gasteiger partial charge in [0, 0.05) is 18.3 Å². The zero-order chi connectivity index (χ0) is 19.6. The molecule has 0 spiro atoms. The van der Waals surface area contributed by atoms with E-state index in [1.165, 1.54) is 44.7 Å². The van der Waals surface area contributed by atoms with Gasteiger partial charge in [0.05, 0.1) is 0 Å². The van der Waals surface area contributed by atoms with Crippen LogP contribution in [0.5, 0.6) is 0 Å². The molecule has 0 saturated carbocycles. The largest absolute Gasteiger partial charge is 0.378 e. The first kappa shape index (κ1) is 19.4. The molecule has 0 fully saturated rings. The molecular weight excluding hydrogens is 328 g/mol. The van der Waals surface area contributed by atoms with Gasteiger partial charge in [0.2, 0.25) is 0 Å². The van der Waals surface area contributed by atoms with Gasteiger partial charge >= 0.3 is 0 Å². The van der Waals surface area contributed by atoms with Crippen molar-refractivity contribution < 1.29 is 0 Å². The second-order valence-electron chi connectivity index (χ2n) is 8.08. The molecule has 0 bridgehead atoms. The highest BCUT2D eigenvalue weighted by Gasteiger charge is 2.18. The fourth-order valence-corrected chi connectivity index (χ4v) is 4.17. The lowest BCUT2D eigenvalue weighted by Gasteiger charge is -2.23. The Morgan fingerprint density at radius 3 is 2.37 bits per heavy atom. The van der Waals surface area contributed by atoms with Gasteiger partial charge in [-0.15, -0.1) is 0 Å². The summed E-state index contributed by atoms with van der Waals surface area (Å²) in [7, 11) is 4.27. The number of nitrogens with zero attached hydrogens (tertiary/aromatic N) is 1. The van der Waals surface area contributed by atoms with Gasteiger partial charge in [0.1, 0.15) is 0 Å². The van der Waals surface area contributed by atoms with Crippen LogP contribution in [0, 0.1) is 20.8 Å². The number of nitrogens with one attached hydrogen (secondary N) is 1. The lowest BCUT2D eigenvalue weighted by molar-refractivity contribution is 0.450. The Morgan fingerprint density at radius 1 is 1.04 bits per heavy atom. The van der Waals surface area contributed by atoms with E-state index in [0.29, 0.717) is 0 Å². The van der Waals surface area contributed by atoms with Gasteiger partial charge in [-0.3, -0.25) is 0 Å². The first-order valence-electron chi connectivity index (χ1n) is 9.83. The van der Waals surface area contributed by atoms with Crippen LogP contribution in [0.3, 0.4) is 0 Å².